The highest BCUT2D eigenvalue weighted by atomic mass is 16.7. The average Bonchev–Trinajstić information content (AvgIpc) is 3.39. The molecular formula is C36H53BN2O6. The van der Waals surface area contributed by atoms with E-state index in [2.05, 4.69) is 84.2 Å². The number of aliphatic hydroxyl groups excluding tert-OH is 1. The summed E-state index contributed by atoms with van der Waals surface area (Å²) in [5.74, 6) is 0. The molecule has 0 aliphatic carbocycles. The summed E-state index contributed by atoms with van der Waals surface area (Å²) >= 11 is 0. The molecule has 0 bridgehead atoms. The molecule has 2 aliphatic heterocycles. The quantitative estimate of drug-likeness (QED) is 0.254. The summed E-state index contributed by atoms with van der Waals surface area (Å²) in [5.41, 5.74) is 4.81. The number of hydrogen-bond acceptors (Lipinski definition) is 7. The van der Waals surface area contributed by atoms with Crippen molar-refractivity contribution in [2.24, 2.45) is 5.41 Å². The predicted molar refractivity (Wildman–Crippen MR) is 180 cm³/mol. The van der Waals surface area contributed by atoms with E-state index >= 15 is 0 Å². The molecule has 0 saturated carbocycles. The molecular weight excluding hydrogens is 567 g/mol. The summed E-state index contributed by atoms with van der Waals surface area (Å²) in [4.78, 5) is 4.80. The van der Waals surface area contributed by atoms with Crippen molar-refractivity contribution in [1.29, 1.82) is 0 Å². The van der Waals surface area contributed by atoms with Gasteiger partial charge in [0.05, 0.1) is 47.0 Å². The van der Waals surface area contributed by atoms with Gasteiger partial charge in [-0.25, -0.2) is 0 Å². The van der Waals surface area contributed by atoms with Crippen LogP contribution in [0.2, 0.25) is 0 Å². The van der Waals surface area contributed by atoms with E-state index in [1.807, 2.05) is 19.2 Å². The number of nitrogens with zero attached hydrogens (tertiary/aromatic N) is 2. The van der Waals surface area contributed by atoms with Crippen LogP contribution in [0.4, 0.5) is 0 Å². The van der Waals surface area contributed by atoms with E-state index in [9.17, 15) is 5.11 Å². The molecule has 2 saturated heterocycles. The minimum absolute atomic E-state index is 0.0625. The standard InChI is InChI=1S/C36H53BN2O6/c1-24(41-10)31-27(12-11-16-38-31)32-29(22-33(2,3)23-40)28-20-25(37-44-35(6,7)36(8,9)45-37)13-14-30(28)39(32)17-19-42-26-15-18-43-34(4,5)21-26/h11-14,16,20,24,26,40H,15,17-19,21-23H2,1-10H3/t24-,26-/m0/s1. The largest absolute Gasteiger partial charge is 0.494 e. The molecule has 0 amide bonds. The van der Waals surface area contributed by atoms with Crippen LogP contribution in [0.3, 0.4) is 0 Å². The predicted octanol–water partition coefficient (Wildman–Crippen LogP) is 6.25. The lowest BCUT2D eigenvalue weighted by Gasteiger charge is -2.35. The second kappa shape index (κ2) is 12.7. The van der Waals surface area contributed by atoms with E-state index in [1.54, 1.807) is 7.11 Å². The molecule has 1 aromatic carbocycles. The Morgan fingerprint density at radius 1 is 1.11 bits per heavy atom. The fourth-order valence-electron chi connectivity index (χ4n) is 6.50. The molecule has 5 rings (SSSR count). The van der Waals surface area contributed by atoms with Crippen LogP contribution in [0, 0.1) is 5.41 Å². The Balaban J connectivity index is 1.66. The fraction of sp³-hybridized carbons (Fsp3) is 0.639. The van der Waals surface area contributed by atoms with Gasteiger partial charge in [-0.3, -0.25) is 4.98 Å². The number of ether oxygens (including phenoxy) is 3. The van der Waals surface area contributed by atoms with Gasteiger partial charge in [-0.1, -0.05) is 26.0 Å². The number of hydrogen-bond donors (Lipinski definition) is 1. The smallest absolute Gasteiger partial charge is 0.399 e. The number of methoxy groups -OCH3 is 1. The van der Waals surface area contributed by atoms with E-state index < -0.39 is 18.3 Å². The summed E-state index contributed by atoms with van der Waals surface area (Å²) in [6.07, 6.45) is 4.22. The molecule has 1 N–H and O–H groups in total. The number of aliphatic hydroxyl groups is 1. The minimum Gasteiger partial charge on any atom is -0.399 e. The molecule has 0 radical (unpaired) electrons. The highest BCUT2D eigenvalue weighted by molar-refractivity contribution is 6.62. The van der Waals surface area contributed by atoms with Crippen molar-refractivity contribution in [1.82, 2.24) is 9.55 Å². The summed E-state index contributed by atoms with van der Waals surface area (Å²) in [5, 5.41) is 11.6. The summed E-state index contributed by atoms with van der Waals surface area (Å²) < 4.78 is 33.6. The molecule has 2 aromatic heterocycles. The summed E-state index contributed by atoms with van der Waals surface area (Å²) in [6, 6.07) is 10.6. The average molecular weight is 621 g/mol. The van der Waals surface area contributed by atoms with E-state index in [4.69, 9.17) is 28.5 Å². The molecule has 2 atom stereocenters. The van der Waals surface area contributed by atoms with Gasteiger partial charge in [0.25, 0.3) is 0 Å². The van der Waals surface area contributed by atoms with Crippen molar-refractivity contribution in [3.8, 4) is 11.3 Å². The topological polar surface area (TPSA) is 84.2 Å². The fourth-order valence-corrected chi connectivity index (χ4v) is 6.50. The zero-order valence-corrected chi connectivity index (χ0v) is 29.0. The lowest BCUT2D eigenvalue weighted by atomic mass is 9.77. The third kappa shape index (κ3) is 7.04. The van der Waals surface area contributed by atoms with Crippen LogP contribution in [0.15, 0.2) is 36.5 Å². The van der Waals surface area contributed by atoms with Gasteiger partial charge < -0.3 is 33.2 Å². The second-order valence-electron chi connectivity index (χ2n) is 15.3. The van der Waals surface area contributed by atoms with Gasteiger partial charge >= 0.3 is 7.12 Å². The van der Waals surface area contributed by atoms with Crippen molar-refractivity contribution in [2.45, 2.75) is 117 Å². The van der Waals surface area contributed by atoms with Crippen LogP contribution >= 0.6 is 0 Å². The first-order valence-electron chi connectivity index (χ1n) is 16.4. The lowest BCUT2D eigenvalue weighted by Crippen LogP contribution is -2.41. The van der Waals surface area contributed by atoms with Crippen molar-refractivity contribution >= 4 is 23.5 Å². The van der Waals surface area contributed by atoms with E-state index in [1.165, 1.54) is 0 Å². The Labute approximate surface area is 269 Å². The van der Waals surface area contributed by atoms with Crippen LogP contribution in [0.1, 0.15) is 92.5 Å². The Bertz CT molecular complexity index is 1480. The lowest BCUT2D eigenvalue weighted by molar-refractivity contribution is -0.116. The normalized spacial score (nSPS) is 21.8. The van der Waals surface area contributed by atoms with Crippen molar-refractivity contribution in [2.75, 3.05) is 26.9 Å². The minimum atomic E-state index is -0.479. The van der Waals surface area contributed by atoms with E-state index in [-0.39, 0.29) is 29.8 Å². The molecule has 45 heavy (non-hydrogen) atoms. The van der Waals surface area contributed by atoms with Gasteiger partial charge in [0.15, 0.2) is 0 Å². The molecule has 3 aromatic rings. The first-order chi connectivity index (χ1) is 21.1. The molecule has 0 spiro atoms. The third-order valence-corrected chi connectivity index (χ3v) is 9.95. The molecule has 2 aliphatic rings. The van der Waals surface area contributed by atoms with Crippen molar-refractivity contribution in [3.63, 3.8) is 0 Å². The van der Waals surface area contributed by atoms with Gasteiger partial charge in [-0.05, 0) is 95.9 Å². The Morgan fingerprint density at radius 2 is 1.82 bits per heavy atom. The van der Waals surface area contributed by atoms with Crippen molar-refractivity contribution in [3.05, 3.63) is 47.8 Å². The summed E-state index contributed by atoms with van der Waals surface area (Å²) in [6.45, 7) is 20.8. The zero-order chi connectivity index (χ0) is 32.8. The van der Waals surface area contributed by atoms with Gasteiger partial charge in [-0.2, -0.15) is 0 Å². The number of aromatic nitrogens is 2. The SMILES string of the molecule is CO[C@@H](C)c1ncccc1-c1c(CC(C)(C)CO)c2cc(B3OC(C)(C)C(C)(C)O3)ccc2n1CCO[C@H]1CCOC(C)(C)C1. The highest BCUT2D eigenvalue weighted by Crippen LogP contribution is 2.41. The van der Waals surface area contributed by atoms with Crippen LogP contribution in [-0.2, 0) is 36.5 Å². The Kier molecular flexibility index (Phi) is 9.65. The maximum absolute atomic E-state index is 10.4. The van der Waals surface area contributed by atoms with Gasteiger partial charge in [0.2, 0.25) is 0 Å². The first kappa shape index (κ1) is 34.1. The maximum atomic E-state index is 10.4. The number of pyridine rings is 1. The zero-order valence-electron chi connectivity index (χ0n) is 29.0. The molecule has 9 heteroatoms. The number of benzene rings is 1. The Hall–Kier alpha value is -2.27. The third-order valence-electron chi connectivity index (χ3n) is 9.95. The van der Waals surface area contributed by atoms with Crippen LogP contribution in [-0.4, -0.2) is 71.6 Å². The first-order valence-corrected chi connectivity index (χ1v) is 16.4. The highest BCUT2D eigenvalue weighted by Gasteiger charge is 2.51. The van der Waals surface area contributed by atoms with Crippen LogP contribution < -0.4 is 5.46 Å². The Morgan fingerprint density at radius 3 is 2.47 bits per heavy atom. The van der Waals surface area contributed by atoms with Gasteiger partial charge in [0, 0.05) is 56.0 Å². The molecule has 246 valence electrons. The van der Waals surface area contributed by atoms with Gasteiger partial charge in [0.1, 0.15) is 0 Å². The molecule has 8 nitrogen and oxygen atoms in total. The van der Waals surface area contributed by atoms with E-state index in [0.717, 1.165) is 51.7 Å². The number of rotatable bonds is 11. The summed E-state index contributed by atoms with van der Waals surface area (Å²) in [7, 11) is 1.24. The van der Waals surface area contributed by atoms with Crippen molar-refractivity contribution < 1.29 is 28.6 Å². The molecule has 2 fully saturated rings. The molecule has 0 unspecified atom stereocenters. The second-order valence-corrected chi connectivity index (χ2v) is 15.3. The van der Waals surface area contributed by atoms with Gasteiger partial charge in [-0.15, -0.1) is 0 Å². The monoisotopic (exact) mass is 620 g/mol. The van der Waals surface area contributed by atoms with E-state index in [0.29, 0.717) is 26.2 Å². The van der Waals surface area contributed by atoms with Crippen LogP contribution in [0.25, 0.3) is 22.2 Å². The maximum Gasteiger partial charge on any atom is 0.494 e. The molecule has 4 heterocycles. The number of fused-ring (bicyclic) bond motifs is 1. The van der Waals surface area contributed by atoms with Crippen LogP contribution in [0.5, 0.6) is 0 Å².